The van der Waals surface area contributed by atoms with Crippen molar-refractivity contribution in [1.82, 2.24) is 0 Å². The molecule has 2 saturated carbocycles. The van der Waals surface area contributed by atoms with Crippen LogP contribution in [0.5, 0.6) is 5.75 Å². The van der Waals surface area contributed by atoms with E-state index in [4.69, 9.17) is 4.74 Å². The van der Waals surface area contributed by atoms with Crippen molar-refractivity contribution in [3.05, 3.63) is 30.3 Å². The van der Waals surface area contributed by atoms with Gasteiger partial charge in [-0.3, -0.25) is 4.79 Å². The van der Waals surface area contributed by atoms with Crippen molar-refractivity contribution in [3.63, 3.8) is 0 Å². The highest BCUT2D eigenvalue weighted by Gasteiger charge is 2.38. The van der Waals surface area contributed by atoms with Crippen LogP contribution in [-0.4, -0.2) is 5.97 Å². The normalized spacial score (nSPS) is 21.4. The van der Waals surface area contributed by atoms with Gasteiger partial charge >= 0.3 is 5.97 Å². The first-order chi connectivity index (χ1) is 9.83. The molecule has 0 radical (unpaired) electrons. The number of esters is 1. The second-order valence-electron chi connectivity index (χ2n) is 6.39. The molecule has 0 aliphatic heterocycles. The van der Waals surface area contributed by atoms with E-state index in [-0.39, 0.29) is 5.97 Å². The highest BCUT2D eigenvalue weighted by molar-refractivity contribution is 5.72. The highest BCUT2D eigenvalue weighted by atomic mass is 16.5. The molecule has 0 aromatic heterocycles. The smallest absolute Gasteiger partial charge is 0.311 e. The van der Waals surface area contributed by atoms with Crippen molar-refractivity contribution in [1.29, 1.82) is 0 Å². The Hall–Kier alpha value is -1.31. The fourth-order valence-electron chi connectivity index (χ4n) is 3.66. The van der Waals surface area contributed by atoms with Gasteiger partial charge in [0.05, 0.1) is 0 Å². The van der Waals surface area contributed by atoms with Crippen LogP contribution in [0.4, 0.5) is 0 Å². The fraction of sp³-hybridized carbons (Fsp3) is 0.611. The third kappa shape index (κ3) is 3.62. The lowest BCUT2D eigenvalue weighted by molar-refractivity contribution is -0.136. The number of carbonyl (C=O) groups is 1. The second-order valence-corrected chi connectivity index (χ2v) is 6.39. The zero-order valence-corrected chi connectivity index (χ0v) is 12.1. The number of hydrogen-bond acceptors (Lipinski definition) is 2. The summed E-state index contributed by atoms with van der Waals surface area (Å²) in [7, 11) is 0. The molecule has 0 saturated heterocycles. The SMILES string of the molecule is O=C(C[C@@H](C1CCCCC1)C1CC1)Oc1ccccc1. The minimum atomic E-state index is -0.0429. The van der Waals surface area contributed by atoms with E-state index in [2.05, 4.69) is 0 Å². The maximum absolute atomic E-state index is 12.2. The predicted octanol–water partition coefficient (Wildman–Crippen LogP) is 4.59. The first-order valence-electron chi connectivity index (χ1n) is 8.08. The van der Waals surface area contributed by atoms with Gasteiger partial charge in [0.25, 0.3) is 0 Å². The molecule has 1 aromatic carbocycles. The number of para-hydroxylation sites is 1. The predicted molar refractivity (Wildman–Crippen MR) is 79.5 cm³/mol. The maximum atomic E-state index is 12.2. The van der Waals surface area contributed by atoms with Crippen LogP contribution in [0.2, 0.25) is 0 Å². The Bertz CT molecular complexity index is 430. The van der Waals surface area contributed by atoms with Crippen molar-refractivity contribution >= 4 is 5.97 Å². The summed E-state index contributed by atoms with van der Waals surface area (Å²) in [6.45, 7) is 0. The van der Waals surface area contributed by atoms with Gasteiger partial charge in [-0.1, -0.05) is 50.3 Å². The third-order valence-corrected chi connectivity index (χ3v) is 4.86. The van der Waals surface area contributed by atoms with Gasteiger partial charge in [-0.2, -0.15) is 0 Å². The van der Waals surface area contributed by atoms with Crippen molar-refractivity contribution in [2.24, 2.45) is 17.8 Å². The molecular formula is C18H24O2. The standard InChI is InChI=1S/C18H24O2/c19-18(20-16-9-5-2-6-10-16)13-17(15-11-12-15)14-7-3-1-4-8-14/h2,5-6,9-10,14-15,17H,1,3-4,7-8,11-13H2/t17-/m0/s1. The minimum Gasteiger partial charge on any atom is -0.427 e. The largest absolute Gasteiger partial charge is 0.427 e. The first kappa shape index (κ1) is 13.7. The summed E-state index contributed by atoms with van der Waals surface area (Å²) >= 11 is 0. The van der Waals surface area contributed by atoms with Crippen LogP contribution in [0.1, 0.15) is 51.4 Å². The van der Waals surface area contributed by atoms with Gasteiger partial charge in [-0.15, -0.1) is 0 Å². The van der Waals surface area contributed by atoms with Gasteiger partial charge < -0.3 is 4.74 Å². The Kier molecular flexibility index (Phi) is 4.39. The van der Waals surface area contributed by atoms with E-state index < -0.39 is 0 Å². The van der Waals surface area contributed by atoms with Crippen LogP contribution in [0.3, 0.4) is 0 Å². The fourth-order valence-corrected chi connectivity index (χ4v) is 3.66. The Morgan fingerprint density at radius 1 is 1.00 bits per heavy atom. The van der Waals surface area contributed by atoms with E-state index >= 15 is 0 Å². The van der Waals surface area contributed by atoms with Gasteiger partial charge in [0.1, 0.15) is 5.75 Å². The third-order valence-electron chi connectivity index (χ3n) is 4.86. The van der Waals surface area contributed by atoms with E-state index in [1.54, 1.807) is 0 Å². The van der Waals surface area contributed by atoms with Crippen molar-refractivity contribution in [3.8, 4) is 5.75 Å². The molecule has 2 heteroatoms. The monoisotopic (exact) mass is 272 g/mol. The Balaban J connectivity index is 1.57. The average molecular weight is 272 g/mol. The summed E-state index contributed by atoms with van der Waals surface area (Å²) in [4.78, 5) is 12.2. The molecule has 1 atom stereocenters. The number of rotatable bonds is 5. The van der Waals surface area contributed by atoms with Gasteiger partial charge in [0, 0.05) is 6.42 Å². The van der Waals surface area contributed by atoms with E-state index in [1.807, 2.05) is 30.3 Å². The van der Waals surface area contributed by atoms with Crippen LogP contribution < -0.4 is 4.74 Å². The summed E-state index contributed by atoms with van der Waals surface area (Å²) in [5.41, 5.74) is 0. The summed E-state index contributed by atoms with van der Waals surface area (Å²) in [6.07, 6.45) is 9.97. The number of carbonyl (C=O) groups excluding carboxylic acids is 1. The van der Waals surface area contributed by atoms with Crippen LogP contribution in [-0.2, 0) is 4.79 Å². The zero-order chi connectivity index (χ0) is 13.8. The Morgan fingerprint density at radius 2 is 1.65 bits per heavy atom. The minimum absolute atomic E-state index is 0.0429. The summed E-state index contributed by atoms with van der Waals surface area (Å²) in [6, 6.07) is 9.45. The molecule has 0 heterocycles. The molecule has 0 bridgehead atoms. The quantitative estimate of drug-likeness (QED) is 0.579. The van der Waals surface area contributed by atoms with Gasteiger partial charge in [0.2, 0.25) is 0 Å². The molecular weight excluding hydrogens is 248 g/mol. The first-order valence-corrected chi connectivity index (χ1v) is 8.08. The van der Waals surface area contributed by atoms with Crippen LogP contribution in [0.25, 0.3) is 0 Å². The molecule has 2 aliphatic rings. The number of ether oxygens (including phenoxy) is 1. The van der Waals surface area contributed by atoms with Gasteiger partial charge in [-0.25, -0.2) is 0 Å². The molecule has 1 aromatic rings. The van der Waals surface area contributed by atoms with Gasteiger partial charge in [0.15, 0.2) is 0 Å². The summed E-state index contributed by atoms with van der Waals surface area (Å²) in [5, 5.41) is 0. The highest BCUT2D eigenvalue weighted by Crippen LogP contribution is 2.46. The number of hydrogen-bond donors (Lipinski definition) is 0. The summed E-state index contributed by atoms with van der Waals surface area (Å²) < 4.78 is 5.47. The zero-order valence-electron chi connectivity index (χ0n) is 12.1. The molecule has 20 heavy (non-hydrogen) atoms. The average Bonchev–Trinajstić information content (AvgIpc) is 3.31. The van der Waals surface area contributed by atoms with Crippen molar-refractivity contribution < 1.29 is 9.53 Å². The lowest BCUT2D eigenvalue weighted by atomic mass is 9.76. The van der Waals surface area contributed by atoms with Crippen molar-refractivity contribution in [2.45, 2.75) is 51.4 Å². The summed E-state index contributed by atoms with van der Waals surface area (Å²) in [5.74, 6) is 2.77. The van der Waals surface area contributed by atoms with Crippen LogP contribution >= 0.6 is 0 Å². The Labute approximate surface area is 121 Å². The van der Waals surface area contributed by atoms with E-state index in [1.165, 1.54) is 44.9 Å². The lowest BCUT2D eigenvalue weighted by Gasteiger charge is -2.29. The van der Waals surface area contributed by atoms with Gasteiger partial charge in [-0.05, 0) is 42.7 Å². The van der Waals surface area contributed by atoms with E-state index in [0.29, 0.717) is 18.1 Å². The number of benzene rings is 1. The molecule has 0 unspecified atom stereocenters. The second kappa shape index (κ2) is 6.43. The van der Waals surface area contributed by atoms with E-state index in [9.17, 15) is 4.79 Å². The molecule has 2 aliphatic carbocycles. The van der Waals surface area contributed by atoms with Crippen LogP contribution in [0.15, 0.2) is 30.3 Å². The molecule has 2 nitrogen and oxygen atoms in total. The molecule has 108 valence electrons. The lowest BCUT2D eigenvalue weighted by Crippen LogP contribution is -2.24. The molecule has 0 N–H and O–H groups in total. The van der Waals surface area contributed by atoms with E-state index in [0.717, 1.165) is 11.8 Å². The molecule has 0 amide bonds. The van der Waals surface area contributed by atoms with Crippen LogP contribution in [0, 0.1) is 17.8 Å². The Morgan fingerprint density at radius 3 is 2.30 bits per heavy atom. The topological polar surface area (TPSA) is 26.3 Å². The molecule has 0 spiro atoms. The molecule has 2 fully saturated rings. The van der Waals surface area contributed by atoms with Crippen molar-refractivity contribution in [2.75, 3.05) is 0 Å². The maximum Gasteiger partial charge on any atom is 0.311 e. The molecule has 3 rings (SSSR count).